The molecule has 0 spiro atoms. The van der Waals surface area contributed by atoms with Crippen molar-refractivity contribution in [2.75, 3.05) is 49.5 Å². The average Bonchev–Trinajstić information content (AvgIpc) is 2.73. The van der Waals surface area contributed by atoms with Crippen molar-refractivity contribution in [3.8, 4) is 11.5 Å². The van der Waals surface area contributed by atoms with Crippen LogP contribution in [0.15, 0.2) is 47.4 Å². The minimum atomic E-state index is -4.30. The van der Waals surface area contributed by atoms with Gasteiger partial charge in [-0.2, -0.15) is 17.6 Å². The van der Waals surface area contributed by atoms with Gasteiger partial charge in [0.05, 0.1) is 11.4 Å². The van der Waals surface area contributed by atoms with Crippen LogP contribution in [0.5, 0.6) is 11.5 Å². The largest absolute Gasteiger partial charge is 0.433 e. The molecule has 3 rings (SSSR count). The molecule has 2 aromatic carbocycles. The molecule has 7 nitrogen and oxygen atoms in total. The number of benzene rings is 2. The molecular weight excluding hydrogens is 454 g/mol. The van der Waals surface area contributed by atoms with Crippen LogP contribution in [0, 0.1) is 0 Å². The van der Waals surface area contributed by atoms with Crippen molar-refractivity contribution < 1.29 is 35.5 Å². The molecule has 1 heterocycles. The molecule has 2 aromatic rings. The van der Waals surface area contributed by atoms with Crippen molar-refractivity contribution in [2.24, 2.45) is 0 Å². The summed E-state index contributed by atoms with van der Waals surface area (Å²) >= 11 is 0. The predicted octanol–water partition coefficient (Wildman–Crippen LogP) is 3.47. The van der Waals surface area contributed by atoms with E-state index in [-0.39, 0.29) is 11.4 Å². The maximum Gasteiger partial charge on any atom is 0.387 e. The van der Waals surface area contributed by atoms with E-state index >= 15 is 0 Å². The van der Waals surface area contributed by atoms with Crippen LogP contribution in [0.25, 0.3) is 0 Å². The molecule has 0 unspecified atom stereocenters. The van der Waals surface area contributed by atoms with Crippen LogP contribution in [-0.2, 0) is 10.0 Å². The molecule has 0 atom stereocenters. The topological polar surface area (TPSA) is 62.3 Å². The second kappa shape index (κ2) is 9.82. The maximum atomic E-state index is 13.2. The van der Waals surface area contributed by atoms with Gasteiger partial charge in [0.2, 0.25) is 0 Å². The van der Waals surface area contributed by atoms with Crippen molar-refractivity contribution >= 4 is 21.4 Å². The number of alkyl halides is 4. The summed E-state index contributed by atoms with van der Waals surface area (Å²) in [7, 11) is -1.13. The zero-order valence-electron chi connectivity index (χ0n) is 17.4. The van der Waals surface area contributed by atoms with Crippen molar-refractivity contribution in [3.05, 3.63) is 42.5 Å². The van der Waals surface area contributed by atoms with E-state index in [1.165, 1.54) is 37.4 Å². The van der Waals surface area contributed by atoms with Gasteiger partial charge < -0.3 is 19.3 Å². The summed E-state index contributed by atoms with van der Waals surface area (Å²) in [6, 6.07) is 9.04. The van der Waals surface area contributed by atoms with Crippen LogP contribution in [0.2, 0.25) is 0 Å². The predicted molar refractivity (Wildman–Crippen MR) is 111 cm³/mol. The van der Waals surface area contributed by atoms with Gasteiger partial charge in [0, 0.05) is 33.2 Å². The van der Waals surface area contributed by atoms with Gasteiger partial charge in [-0.25, -0.2) is 8.42 Å². The molecule has 0 aromatic heterocycles. The number of nitrogens with zero attached hydrogens (tertiary/aromatic N) is 3. The first-order valence-electron chi connectivity index (χ1n) is 9.64. The summed E-state index contributed by atoms with van der Waals surface area (Å²) in [5, 5.41) is 0. The number of ether oxygens (including phenoxy) is 2. The van der Waals surface area contributed by atoms with E-state index in [2.05, 4.69) is 14.4 Å². The SMILES string of the molecule is CN1CCN(c2cc(N(C)S(=O)(=O)c3ccccc3OC(F)F)ccc2OC(F)F)CC1. The second-order valence-corrected chi connectivity index (χ2v) is 9.06. The Bertz CT molecular complexity index is 1030. The summed E-state index contributed by atoms with van der Waals surface area (Å²) < 4.78 is 87.5. The molecule has 176 valence electrons. The molecular formula is C20H23F4N3O4S. The minimum absolute atomic E-state index is 0.0828. The number of likely N-dealkylation sites (N-methyl/N-ethyl adjacent to an activating group) is 1. The van der Waals surface area contributed by atoms with Crippen molar-refractivity contribution in [1.82, 2.24) is 4.90 Å². The number of para-hydroxylation sites is 1. The Morgan fingerprint density at radius 3 is 2.12 bits per heavy atom. The van der Waals surface area contributed by atoms with Crippen molar-refractivity contribution in [3.63, 3.8) is 0 Å². The fourth-order valence-electron chi connectivity index (χ4n) is 3.33. The lowest BCUT2D eigenvalue weighted by molar-refractivity contribution is -0.0519. The highest BCUT2D eigenvalue weighted by atomic mass is 32.2. The Labute approximate surface area is 183 Å². The Kier molecular flexibility index (Phi) is 7.34. The summed E-state index contributed by atoms with van der Waals surface area (Å²) in [6.45, 7) is -3.82. The zero-order chi connectivity index (χ0) is 23.5. The zero-order valence-corrected chi connectivity index (χ0v) is 18.2. The fourth-order valence-corrected chi connectivity index (χ4v) is 4.64. The van der Waals surface area contributed by atoms with Gasteiger partial charge in [-0.3, -0.25) is 4.31 Å². The minimum Gasteiger partial charge on any atom is -0.433 e. The molecule has 0 aliphatic carbocycles. The van der Waals surface area contributed by atoms with Gasteiger partial charge >= 0.3 is 13.2 Å². The quantitative estimate of drug-likeness (QED) is 0.543. The Morgan fingerprint density at radius 1 is 0.906 bits per heavy atom. The van der Waals surface area contributed by atoms with E-state index in [4.69, 9.17) is 0 Å². The highest BCUT2D eigenvalue weighted by molar-refractivity contribution is 7.92. The van der Waals surface area contributed by atoms with Gasteiger partial charge in [-0.15, -0.1) is 0 Å². The number of hydrogen-bond acceptors (Lipinski definition) is 6. The number of piperazine rings is 1. The smallest absolute Gasteiger partial charge is 0.387 e. The van der Waals surface area contributed by atoms with Gasteiger partial charge in [0.15, 0.2) is 0 Å². The first-order valence-corrected chi connectivity index (χ1v) is 11.1. The number of rotatable bonds is 8. The lowest BCUT2D eigenvalue weighted by atomic mass is 10.2. The van der Waals surface area contributed by atoms with Crippen LogP contribution in [0.1, 0.15) is 0 Å². The average molecular weight is 477 g/mol. The Morgan fingerprint density at radius 2 is 1.50 bits per heavy atom. The number of halogens is 4. The standard InChI is InChI=1S/C20H23F4N3O4S/c1-25-9-11-27(12-10-25)15-13-14(7-8-16(15)30-19(21)22)26(2)32(28,29)18-6-4-3-5-17(18)31-20(23)24/h3-8,13,19-20H,9-12H2,1-2H3. The molecule has 32 heavy (non-hydrogen) atoms. The van der Waals surface area contributed by atoms with Crippen LogP contribution in [0.3, 0.4) is 0 Å². The van der Waals surface area contributed by atoms with Crippen LogP contribution < -0.4 is 18.7 Å². The van der Waals surface area contributed by atoms with E-state index < -0.39 is 33.9 Å². The molecule has 0 amide bonds. The lowest BCUT2D eigenvalue weighted by Crippen LogP contribution is -2.44. The number of hydrogen-bond donors (Lipinski definition) is 0. The van der Waals surface area contributed by atoms with Crippen molar-refractivity contribution in [2.45, 2.75) is 18.1 Å². The van der Waals surface area contributed by atoms with Crippen molar-refractivity contribution in [1.29, 1.82) is 0 Å². The van der Waals surface area contributed by atoms with Crippen LogP contribution >= 0.6 is 0 Å². The summed E-state index contributed by atoms with van der Waals surface area (Å²) in [4.78, 5) is 3.46. The van der Waals surface area contributed by atoms with E-state index in [1.807, 2.05) is 11.9 Å². The van der Waals surface area contributed by atoms with Gasteiger partial charge in [0.1, 0.15) is 16.4 Å². The molecule has 0 bridgehead atoms. The second-order valence-electron chi connectivity index (χ2n) is 7.12. The number of sulfonamides is 1. The molecule has 1 fully saturated rings. The highest BCUT2D eigenvalue weighted by Crippen LogP contribution is 2.37. The highest BCUT2D eigenvalue weighted by Gasteiger charge is 2.28. The third-order valence-corrected chi connectivity index (χ3v) is 6.89. The normalized spacial score (nSPS) is 15.3. The van der Waals surface area contributed by atoms with E-state index in [0.29, 0.717) is 31.9 Å². The fraction of sp³-hybridized carbons (Fsp3) is 0.400. The molecule has 1 saturated heterocycles. The molecule has 1 aliphatic heterocycles. The third-order valence-electron chi connectivity index (χ3n) is 5.07. The van der Waals surface area contributed by atoms with Gasteiger partial charge in [-0.1, -0.05) is 12.1 Å². The van der Waals surface area contributed by atoms with Gasteiger partial charge in [-0.05, 0) is 37.4 Å². The molecule has 1 aliphatic rings. The van der Waals surface area contributed by atoms with Gasteiger partial charge in [0.25, 0.3) is 10.0 Å². The number of anilines is 2. The van der Waals surface area contributed by atoms with E-state index in [0.717, 1.165) is 16.4 Å². The Hall–Kier alpha value is -2.73. The summed E-state index contributed by atoms with van der Waals surface area (Å²) in [5.41, 5.74) is 0.461. The Balaban J connectivity index is 1.99. The van der Waals surface area contributed by atoms with E-state index in [1.54, 1.807) is 0 Å². The summed E-state index contributed by atoms with van der Waals surface area (Å²) in [6.07, 6.45) is 0. The molecule has 0 radical (unpaired) electrons. The molecule has 0 saturated carbocycles. The molecule has 12 heteroatoms. The monoisotopic (exact) mass is 477 g/mol. The molecule has 0 N–H and O–H groups in total. The van der Waals surface area contributed by atoms with Crippen LogP contribution in [0.4, 0.5) is 28.9 Å². The first kappa shape index (κ1) is 23.9. The third kappa shape index (κ3) is 5.36. The van der Waals surface area contributed by atoms with Crippen LogP contribution in [-0.4, -0.2) is 66.8 Å². The lowest BCUT2D eigenvalue weighted by Gasteiger charge is -2.35. The first-order chi connectivity index (χ1) is 15.1. The van der Waals surface area contributed by atoms with E-state index in [9.17, 15) is 26.0 Å². The maximum absolute atomic E-state index is 13.2. The summed E-state index contributed by atoms with van der Waals surface area (Å²) in [5.74, 6) is -0.577.